The standard InChI is InChI=1S/C31H31N7O7/c1-43-25-10-8-22(24-9-7-21(45-24)17-33-26(39)19-44-16-11-35-36-32)28-27(25)23(18-34-28)29(40)31(42)38-14-12-37(13-15-38)30(41)20-5-3-2-4-6-20/h2-10,18,34H,11-17,19H2,1H3,(H,33,39). The minimum Gasteiger partial charge on any atom is -0.496 e. The lowest BCUT2D eigenvalue weighted by Gasteiger charge is -2.34. The number of rotatable bonds is 12. The number of benzene rings is 2. The van der Waals surface area contributed by atoms with E-state index in [2.05, 4.69) is 20.3 Å². The van der Waals surface area contributed by atoms with Gasteiger partial charge in [-0.1, -0.05) is 23.3 Å². The van der Waals surface area contributed by atoms with Crippen molar-refractivity contribution in [3.63, 3.8) is 0 Å². The van der Waals surface area contributed by atoms with E-state index in [0.717, 1.165) is 0 Å². The first-order valence-electron chi connectivity index (χ1n) is 14.2. The predicted molar refractivity (Wildman–Crippen MR) is 162 cm³/mol. The van der Waals surface area contributed by atoms with Crippen molar-refractivity contribution >= 4 is 34.4 Å². The average molecular weight is 614 g/mol. The smallest absolute Gasteiger partial charge is 0.295 e. The number of methoxy groups -OCH3 is 1. The number of ketones is 1. The fraction of sp³-hybridized carbons (Fsp3) is 0.290. The summed E-state index contributed by atoms with van der Waals surface area (Å²) in [6.45, 7) is 1.31. The summed E-state index contributed by atoms with van der Waals surface area (Å²) >= 11 is 0. The molecule has 232 valence electrons. The minimum atomic E-state index is -0.691. The maximum atomic E-state index is 13.5. The summed E-state index contributed by atoms with van der Waals surface area (Å²) < 4.78 is 16.7. The van der Waals surface area contributed by atoms with Crippen LogP contribution in [-0.2, 0) is 20.9 Å². The number of amides is 3. The minimum absolute atomic E-state index is 0.112. The van der Waals surface area contributed by atoms with Gasteiger partial charge in [0.25, 0.3) is 17.6 Å². The highest BCUT2D eigenvalue weighted by atomic mass is 16.5. The molecular formula is C31H31N7O7. The number of fused-ring (bicyclic) bond motifs is 1. The zero-order valence-electron chi connectivity index (χ0n) is 24.5. The third kappa shape index (κ3) is 6.98. The number of H-pyrrole nitrogens is 1. The quantitative estimate of drug-likeness (QED) is 0.0611. The van der Waals surface area contributed by atoms with Crippen molar-refractivity contribution in [2.75, 3.05) is 53.0 Å². The van der Waals surface area contributed by atoms with E-state index < -0.39 is 11.7 Å². The highest BCUT2D eigenvalue weighted by Crippen LogP contribution is 2.37. The van der Waals surface area contributed by atoms with Crippen LogP contribution in [0.4, 0.5) is 0 Å². The molecule has 3 amide bonds. The number of hydrogen-bond acceptors (Lipinski definition) is 8. The van der Waals surface area contributed by atoms with E-state index in [1.807, 2.05) is 6.07 Å². The van der Waals surface area contributed by atoms with Crippen LogP contribution in [0.15, 0.2) is 70.3 Å². The number of hydrogen-bond donors (Lipinski definition) is 2. The third-order valence-electron chi connectivity index (χ3n) is 7.35. The van der Waals surface area contributed by atoms with Crippen LogP contribution >= 0.6 is 0 Å². The van der Waals surface area contributed by atoms with E-state index in [1.165, 1.54) is 18.2 Å². The number of azide groups is 1. The highest BCUT2D eigenvalue weighted by molar-refractivity contribution is 6.45. The van der Waals surface area contributed by atoms with Crippen LogP contribution in [0.5, 0.6) is 5.75 Å². The highest BCUT2D eigenvalue weighted by Gasteiger charge is 2.31. The number of furan rings is 1. The Morgan fingerprint density at radius 2 is 1.78 bits per heavy atom. The van der Waals surface area contributed by atoms with Gasteiger partial charge in [-0.15, -0.1) is 0 Å². The van der Waals surface area contributed by atoms with Crippen molar-refractivity contribution in [2.24, 2.45) is 5.11 Å². The topological polar surface area (TPSA) is 183 Å². The van der Waals surface area contributed by atoms with Crippen molar-refractivity contribution in [1.82, 2.24) is 20.1 Å². The lowest BCUT2D eigenvalue weighted by molar-refractivity contribution is -0.128. The van der Waals surface area contributed by atoms with Crippen LogP contribution in [0.3, 0.4) is 0 Å². The molecule has 0 saturated carbocycles. The van der Waals surface area contributed by atoms with Gasteiger partial charge in [0.05, 0.1) is 36.7 Å². The van der Waals surface area contributed by atoms with Crippen LogP contribution < -0.4 is 10.1 Å². The SMILES string of the molecule is COc1ccc(-c2ccc(CNC(=O)COCCN=[N+]=[N-])o2)c2[nH]cc(C(=O)C(=O)N3CCN(C(=O)c4ccccc4)CC3)c12. The first kappa shape index (κ1) is 30.9. The van der Waals surface area contributed by atoms with Gasteiger partial charge in [0.1, 0.15) is 23.9 Å². The van der Waals surface area contributed by atoms with Crippen molar-refractivity contribution in [3.8, 4) is 17.1 Å². The van der Waals surface area contributed by atoms with E-state index in [4.69, 9.17) is 19.4 Å². The molecule has 0 aliphatic carbocycles. The molecule has 4 aromatic rings. The van der Waals surface area contributed by atoms with E-state index in [9.17, 15) is 19.2 Å². The largest absolute Gasteiger partial charge is 0.496 e. The van der Waals surface area contributed by atoms with E-state index in [1.54, 1.807) is 53.4 Å². The summed E-state index contributed by atoms with van der Waals surface area (Å²) in [5, 5.41) is 6.47. The van der Waals surface area contributed by atoms with Crippen molar-refractivity contribution in [2.45, 2.75) is 6.54 Å². The molecular weight excluding hydrogens is 582 g/mol. The number of Topliss-reactive ketones (excluding diaryl/α,β-unsaturated/α-hetero) is 1. The van der Waals surface area contributed by atoms with E-state index in [0.29, 0.717) is 52.4 Å². The molecule has 14 heteroatoms. The van der Waals surface area contributed by atoms with Crippen LogP contribution in [0.2, 0.25) is 0 Å². The summed E-state index contributed by atoms with van der Waals surface area (Å²) in [5.74, 6) is -0.453. The lowest BCUT2D eigenvalue weighted by atomic mass is 10.0. The molecule has 2 aromatic carbocycles. The Hall–Kier alpha value is -5.59. The molecule has 45 heavy (non-hydrogen) atoms. The third-order valence-corrected chi connectivity index (χ3v) is 7.35. The lowest BCUT2D eigenvalue weighted by Crippen LogP contribution is -2.52. The Morgan fingerprint density at radius 1 is 1.02 bits per heavy atom. The first-order chi connectivity index (χ1) is 21.9. The van der Waals surface area contributed by atoms with Gasteiger partial charge in [0.2, 0.25) is 5.91 Å². The Morgan fingerprint density at radius 3 is 2.51 bits per heavy atom. The predicted octanol–water partition coefficient (Wildman–Crippen LogP) is 3.55. The molecule has 0 unspecified atom stereocenters. The van der Waals surface area contributed by atoms with Gasteiger partial charge < -0.3 is 34.0 Å². The monoisotopic (exact) mass is 613 g/mol. The average Bonchev–Trinajstić information content (AvgIpc) is 3.74. The Labute approximate surface area is 257 Å². The Bertz CT molecular complexity index is 1750. The molecule has 2 aromatic heterocycles. The number of nitrogens with one attached hydrogen (secondary N) is 2. The number of carbonyl (C=O) groups excluding carboxylic acids is 4. The Balaban J connectivity index is 1.26. The molecule has 1 aliphatic rings. The van der Waals surface area contributed by atoms with Gasteiger partial charge in [-0.25, -0.2) is 0 Å². The number of aromatic nitrogens is 1. The molecule has 0 spiro atoms. The van der Waals surface area contributed by atoms with Gasteiger partial charge in [-0.05, 0) is 41.9 Å². The summed E-state index contributed by atoms with van der Waals surface area (Å²) in [6.07, 6.45) is 1.48. The second kappa shape index (κ2) is 14.3. The van der Waals surface area contributed by atoms with Gasteiger partial charge in [-0.3, -0.25) is 19.2 Å². The molecule has 1 aliphatic heterocycles. The summed E-state index contributed by atoms with van der Waals surface area (Å²) in [6, 6.07) is 15.9. The fourth-order valence-electron chi connectivity index (χ4n) is 5.08. The molecule has 0 bridgehead atoms. The summed E-state index contributed by atoms with van der Waals surface area (Å²) in [5.41, 5.74) is 10.2. The van der Waals surface area contributed by atoms with Crippen LogP contribution in [0.25, 0.3) is 32.7 Å². The molecule has 14 nitrogen and oxygen atoms in total. The molecule has 2 N–H and O–H groups in total. The van der Waals surface area contributed by atoms with Crippen molar-refractivity contribution in [1.29, 1.82) is 0 Å². The Kier molecular flexibility index (Phi) is 9.77. The first-order valence-corrected chi connectivity index (χ1v) is 14.2. The normalized spacial score (nSPS) is 12.9. The van der Waals surface area contributed by atoms with Crippen LogP contribution in [0.1, 0.15) is 26.5 Å². The second-order valence-corrected chi connectivity index (χ2v) is 10.1. The maximum absolute atomic E-state index is 13.5. The molecule has 1 saturated heterocycles. The van der Waals surface area contributed by atoms with E-state index >= 15 is 0 Å². The van der Waals surface area contributed by atoms with Crippen molar-refractivity contribution in [3.05, 3.63) is 88.1 Å². The second-order valence-electron chi connectivity index (χ2n) is 10.1. The fourth-order valence-corrected chi connectivity index (χ4v) is 5.08. The van der Waals surface area contributed by atoms with Crippen LogP contribution in [0, 0.1) is 0 Å². The van der Waals surface area contributed by atoms with Crippen LogP contribution in [-0.4, -0.2) is 91.3 Å². The van der Waals surface area contributed by atoms with Gasteiger partial charge in [0, 0.05) is 55.0 Å². The number of ether oxygens (including phenoxy) is 2. The molecule has 3 heterocycles. The molecule has 5 rings (SSSR count). The number of nitrogens with zero attached hydrogens (tertiary/aromatic N) is 5. The number of aromatic amines is 1. The molecule has 0 radical (unpaired) electrons. The van der Waals surface area contributed by atoms with Gasteiger partial charge >= 0.3 is 0 Å². The van der Waals surface area contributed by atoms with Crippen molar-refractivity contribution < 1.29 is 33.1 Å². The number of carbonyl (C=O) groups is 4. The van der Waals surface area contributed by atoms with Gasteiger partial charge in [0.15, 0.2) is 0 Å². The molecule has 0 atom stereocenters. The summed E-state index contributed by atoms with van der Waals surface area (Å²) in [7, 11) is 1.48. The number of piperazine rings is 1. The molecule has 1 fully saturated rings. The van der Waals surface area contributed by atoms with E-state index in [-0.39, 0.29) is 56.8 Å². The van der Waals surface area contributed by atoms with Gasteiger partial charge in [-0.2, -0.15) is 0 Å². The zero-order chi connectivity index (χ0) is 31.8. The summed E-state index contributed by atoms with van der Waals surface area (Å²) in [4.78, 5) is 60.5. The zero-order valence-corrected chi connectivity index (χ0v) is 24.5. The maximum Gasteiger partial charge on any atom is 0.295 e.